The number of carbonyl (C=O) groups excluding carboxylic acids is 1. The standard InChI is InChI=1S/C21H21F4N3O2/c1-3-13(11-30-2)27-18-7-5-14(9-17(18)21(23,24)25)26-10-16-15-6-4-12(22)8-19(15)28-20(16)29/h4-10,13,16,27H,3,11H2,1-2H3,(H,28,29). The number of halogens is 4. The third kappa shape index (κ3) is 4.79. The number of amides is 1. The second-order valence-electron chi connectivity index (χ2n) is 6.91. The van der Waals surface area contributed by atoms with Crippen molar-refractivity contribution in [2.45, 2.75) is 31.5 Å². The molecule has 5 nitrogen and oxygen atoms in total. The predicted octanol–water partition coefficient (Wildman–Crippen LogP) is 5.12. The van der Waals surface area contributed by atoms with Crippen molar-refractivity contribution in [1.29, 1.82) is 0 Å². The van der Waals surface area contributed by atoms with Crippen molar-refractivity contribution in [2.24, 2.45) is 4.99 Å². The molecule has 0 saturated carbocycles. The largest absolute Gasteiger partial charge is 0.418 e. The van der Waals surface area contributed by atoms with Crippen molar-refractivity contribution >= 4 is 29.2 Å². The summed E-state index contributed by atoms with van der Waals surface area (Å²) in [5.74, 6) is -1.72. The molecule has 9 heteroatoms. The fraction of sp³-hybridized carbons (Fsp3) is 0.333. The molecule has 0 spiro atoms. The Kier molecular flexibility index (Phi) is 6.40. The van der Waals surface area contributed by atoms with E-state index in [1.165, 1.54) is 43.7 Å². The molecule has 1 aliphatic rings. The molecule has 30 heavy (non-hydrogen) atoms. The molecule has 1 amide bonds. The van der Waals surface area contributed by atoms with Gasteiger partial charge in [-0.1, -0.05) is 13.0 Å². The number of aliphatic imine (C=N–C) groups is 1. The topological polar surface area (TPSA) is 62.7 Å². The smallest absolute Gasteiger partial charge is 0.383 e. The first-order chi connectivity index (χ1) is 14.2. The Labute approximate surface area is 171 Å². The Morgan fingerprint density at radius 3 is 2.70 bits per heavy atom. The summed E-state index contributed by atoms with van der Waals surface area (Å²) in [5.41, 5.74) is -0.0218. The number of alkyl halides is 3. The molecular formula is C21H21F4N3O2. The Bertz CT molecular complexity index is 960. The number of rotatable bonds is 7. The molecule has 0 fully saturated rings. The SMILES string of the molecule is CCC(COC)Nc1ccc(N=CC2C(=O)Nc3cc(F)ccc32)cc1C(F)(F)F. The lowest BCUT2D eigenvalue weighted by Crippen LogP contribution is -2.25. The molecule has 2 unspecified atom stereocenters. The van der Waals surface area contributed by atoms with Crippen LogP contribution in [0.25, 0.3) is 0 Å². The van der Waals surface area contributed by atoms with E-state index in [0.717, 1.165) is 6.07 Å². The van der Waals surface area contributed by atoms with Gasteiger partial charge in [0.25, 0.3) is 0 Å². The van der Waals surface area contributed by atoms with Crippen LogP contribution in [0, 0.1) is 5.82 Å². The number of fused-ring (bicyclic) bond motifs is 1. The van der Waals surface area contributed by atoms with Gasteiger partial charge < -0.3 is 15.4 Å². The molecule has 1 aliphatic heterocycles. The van der Waals surface area contributed by atoms with E-state index >= 15 is 0 Å². The Morgan fingerprint density at radius 1 is 1.27 bits per heavy atom. The van der Waals surface area contributed by atoms with E-state index in [0.29, 0.717) is 17.7 Å². The first kappa shape index (κ1) is 21.8. The first-order valence-electron chi connectivity index (χ1n) is 9.34. The molecule has 0 saturated heterocycles. The predicted molar refractivity (Wildman–Crippen MR) is 107 cm³/mol. The molecule has 1 heterocycles. The Balaban J connectivity index is 1.88. The van der Waals surface area contributed by atoms with Crippen molar-refractivity contribution in [3.63, 3.8) is 0 Å². The molecule has 2 aromatic carbocycles. The van der Waals surface area contributed by atoms with Crippen LogP contribution in [-0.2, 0) is 15.7 Å². The fourth-order valence-electron chi connectivity index (χ4n) is 3.22. The van der Waals surface area contributed by atoms with Crippen LogP contribution in [0.5, 0.6) is 0 Å². The maximum absolute atomic E-state index is 13.6. The summed E-state index contributed by atoms with van der Waals surface area (Å²) in [5, 5.41) is 5.40. The zero-order valence-corrected chi connectivity index (χ0v) is 16.4. The van der Waals surface area contributed by atoms with Crippen LogP contribution in [0.15, 0.2) is 41.4 Å². The molecular weight excluding hydrogens is 402 g/mol. The lowest BCUT2D eigenvalue weighted by atomic mass is 10.0. The van der Waals surface area contributed by atoms with Gasteiger partial charge in [0.05, 0.1) is 17.9 Å². The van der Waals surface area contributed by atoms with Crippen LogP contribution in [0.4, 0.5) is 34.6 Å². The molecule has 3 rings (SSSR count). The number of nitrogens with zero attached hydrogens (tertiary/aromatic N) is 1. The highest BCUT2D eigenvalue weighted by Gasteiger charge is 2.34. The average Bonchev–Trinajstić information content (AvgIpc) is 2.99. The van der Waals surface area contributed by atoms with E-state index in [9.17, 15) is 22.4 Å². The van der Waals surface area contributed by atoms with Crippen molar-refractivity contribution in [3.05, 3.63) is 53.3 Å². The molecule has 160 valence electrons. The number of nitrogens with one attached hydrogen (secondary N) is 2. The Hall–Kier alpha value is -2.94. The summed E-state index contributed by atoms with van der Waals surface area (Å²) in [6, 6.07) is 7.26. The van der Waals surface area contributed by atoms with Gasteiger partial charge in [-0.2, -0.15) is 13.2 Å². The Morgan fingerprint density at radius 2 is 2.03 bits per heavy atom. The lowest BCUT2D eigenvalue weighted by molar-refractivity contribution is -0.137. The summed E-state index contributed by atoms with van der Waals surface area (Å²) in [6.45, 7) is 2.11. The van der Waals surface area contributed by atoms with E-state index < -0.39 is 29.4 Å². The molecule has 0 aliphatic carbocycles. The zero-order valence-electron chi connectivity index (χ0n) is 16.4. The van der Waals surface area contributed by atoms with Gasteiger partial charge in [-0.05, 0) is 42.3 Å². The molecule has 0 radical (unpaired) electrons. The van der Waals surface area contributed by atoms with Crippen molar-refractivity contribution in [2.75, 3.05) is 24.4 Å². The summed E-state index contributed by atoms with van der Waals surface area (Å²) >= 11 is 0. The highest BCUT2D eigenvalue weighted by atomic mass is 19.4. The molecule has 0 bridgehead atoms. The van der Waals surface area contributed by atoms with Crippen LogP contribution in [0.3, 0.4) is 0 Å². The number of benzene rings is 2. The van der Waals surface area contributed by atoms with E-state index in [4.69, 9.17) is 4.74 Å². The summed E-state index contributed by atoms with van der Waals surface area (Å²) in [4.78, 5) is 16.2. The highest BCUT2D eigenvalue weighted by Crippen LogP contribution is 2.38. The van der Waals surface area contributed by atoms with Crippen LogP contribution in [0.1, 0.15) is 30.4 Å². The molecule has 2 N–H and O–H groups in total. The minimum atomic E-state index is -4.59. The third-order valence-electron chi connectivity index (χ3n) is 4.79. The van der Waals surface area contributed by atoms with Crippen molar-refractivity contribution in [1.82, 2.24) is 0 Å². The second-order valence-corrected chi connectivity index (χ2v) is 6.91. The molecule has 0 aromatic heterocycles. The highest BCUT2D eigenvalue weighted by molar-refractivity contribution is 6.12. The number of hydrogen-bond donors (Lipinski definition) is 2. The average molecular weight is 423 g/mol. The van der Waals surface area contributed by atoms with Gasteiger partial charge in [-0.25, -0.2) is 4.39 Å². The quantitative estimate of drug-likeness (QED) is 0.480. The van der Waals surface area contributed by atoms with Crippen LogP contribution >= 0.6 is 0 Å². The fourth-order valence-corrected chi connectivity index (χ4v) is 3.22. The maximum Gasteiger partial charge on any atom is 0.418 e. The third-order valence-corrected chi connectivity index (χ3v) is 4.79. The van der Waals surface area contributed by atoms with Crippen molar-refractivity contribution in [3.8, 4) is 0 Å². The molecule has 2 aromatic rings. The van der Waals surface area contributed by atoms with Gasteiger partial charge in [-0.3, -0.25) is 9.79 Å². The second kappa shape index (κ2) is 8.83. The number of carbonyl (C=O) groups is 1. The first-order valence-corrected chi connectivity index (χ1v) is 9.34. The normalized spacial score (nSPS) is 17.1. The minimum absolute atomic E-state index is 0.0519. The maximum atomic E-state index is 13.6. The van der Waals surface area contributed by atoms with E-state index in [1.807, 2.05) is 6.92 Å². The van der Waals surface area contributed by atoms with Crippen molar-refractivity contribution < 1.29 is 27.1 Å². The van der Waals surface area contributed by atoms with Crippen LogP contribution in [-0.4, -0.2) is 31.9 Å². The number of methoxy groups -OCH3 is 1. The minimum Gasteiger partial charge on any atom is -0.383 e. The van der Waals surface area contributed by atoms with Gasteiger partial charge in [0.1, 0.15) is 11.7 Å². The van der Waals surface area contributed by atoms with Gasteiger partial charge in [-0.15, -0.1) is 0 Å². The summed E-state index contributed by atoms with van der Waals surface area (Å²) in [6.07, 6.45) is -2.74. The van der Waals surface area contributed by atoms with E-state index in [2.05, 4.69) is 15.6 Å². The number of ether oxygens (including phenoxy) is 1. The van der Waals surface area contributed by atoms with Crippen LogP contribution < -0.4 is 10.6 Å². The van der Waals surface area contributed by atoms with E-state index in [1.54, 1.807) is 0 Å². The summed E-state index contributed by atoms with van der Waals surface area (Å²) < 4.78 is 59.1. The van der Waals surface area contributed by atoms with Crippen LogP contribution in [0.2, 0.25) is 0 Å². The number of anilines is 2. The van der Waals surface area contributed by atoms with Gasteiger partial charge in [0.15, 0.2) is 0 Å². The van der Waals surface area contributed by atoms with Gasteiger partial charge in [0.2, 0.25) is 5.91 Å². The van der Waals surface area contributed by atoms with Gasteiger partial charge >= 0.3 is 6.18 Å². The lowest BCUT2D eigenvalue weighted by Gasteiger charge is -2.21. The van der Waals surface area contributed by atoms with E-state index in [-0.39, 0.29) is 24.0 Å². The summed E-state index contributed by atoms with van der Waals surface area (Å²) in [7, 11) is 1.48. The number of hydrogen-bond acceptors (Lipinski definition) is 4. The molecule has 2 atom stereocenters. The van der Waals surface area contributed by atoms with Gasteiger partial charge in [0, 0.05) is 30.7 Å². The zero-order chi connectivity index (χ0) is 21.9. The monoisotopic (exact) mass is 423 g/mol.